The average molecular weight is 472 g/mol. The van der Waals surface area contributed by atoms with Gasteiger partial charge in [0.1, 0.15) is 11.1 Å². The van der Waals surface area contributed by atoms with Crippen molar-refractivity contribution in [2.45, 2.75) is 32.6 Å². The summed E-state index contributed by atoms with van der Waals surface area (Å²) in [6.07, 6.45) is 4.11. The number of carbonyl (C=O) groups excluding carboxylic acids is 1. The summed E-state index contributed by atoms with van der Waals surface area (Å²) in [4.78, 5) is 19.5. The summed E-state index contributed by atoms with van der Waals surface area (Å²) in [6, 6.07) is 19.2. The first-order valence-corrected chi connectivity index (χ1v) is 12.3. The smallest absolute Gasteiger partial charge is 0.257 e. The molecule has 2 aromatic carbocycles. The molecule has 1 aliphatic rings. The van der Waals surface area contributed by atoms with Gasteiger partial charge in [-0.2, -0.15) is 5.26 Å². The zero-order chi connectivity index (χ0) is 22.9. The summed E-state index contributed by atoms with van der Waals surface area (Å²) in [6.45, 7) is 2.21. The highest BCUT2D eigenvalue weighted by atomic mass is 35.5. The Morgan fingerprint density at radius 3 is 2.82 bits per heavy atom. The van der Waals surface area contributed by atoms with Crippen LogP contribution in [-0.2, 0) is 12.8 Å². The van der Waals surface area contributed by atoms with Crippen molar-refractivity contribution in [1.82, 2.24) is 4.98 Å². The van der Waals surface area contributed by atoms with Gasteiger partial charge in [-0.3, -0.25) is 4.79 Å². The van der Waals surface area contributed by atoms with Crippen LogP contribution >= 0.6 is 22.9 Å². The SMILES string of the molecule is CCC1CCc2c(sc(NC(=O)c3cc(-c4ccccc4Cl)nc4ccccc34)c2C#N)C1. The fraction of sp³-hybridized carbons (Fsp3) is 0.222. The molecule has 33 heavy (non-hydrogen) atoms. The molecule has 2 aromatic heterocycles. The van der Waals surface area contributed by atoms with Gasteiger partial charge in [0.05, 0.1) is 22.3 Å². The van der Waals surface area contributed by atoms with Crippen LogP contribution in [0.2, 0.25) is 5.02 Å². The monoisotopic (exact) mass is 471 g/mol. The number of carbonyl (C=O) groups is 1. The van der Waals surface area contributed by atoms with Crippen LogP contribution in [0.5, 0.6) is 0 Å². The van der Waals surface area contributed by atoms with Gasteiger partial charge in [0, 0.05) is 20.8 Å². The second kappa shape index (κ2) is 8.97. The van der Waals surface area contributed by atoms with Crippen molar-refractivity contribution in [2.75, 3.05) is 5.32 Å². The third-order valence-electron chi connectivity index (χ3n) is 6.39. The number of hydrogen-bond acceptors (Lipinski definition) is 4. The largest absolute Gasteiger partial charge is 0.312 e. The van der Waals surface area contributed by atoms with Crippen LogP contribution in [0.25, 0.3) is 22.2 Å². The highest BCUT2D eigenvalue weighted by molar-refractivity contribution is 7.16. The van der Waals surface area contributed by atoms with E-state index in [1.165, 1.54) is 4.88 Å². The Balaban J connectivity index is 1.57. The first kappa shape index (κ1) is 21.6. The van der Waals surface area contributed by atoms with Crippen LogP contribution in [0.15, 0.2) is 54.6 Å². The van der Waals surface area contributed by atoms with Crippen LogP contribution < -0.4 is 5.32 Å². The lowest BCUT2D eigenvalue weighted by atomic mass is 9.86. The lowest BCUT2D eigenvalue weighted by Gasteiger charge is -2.20. The fourth-order valence-corrected chi connectivity index (χ4v) is 6.09. The van der Waals surface area contributed by atoms with Gasteiger partial charge in [0.15, 0.2) is 0 Å². The number of pyridine rings is 1. The van der Waals surface area contributed by atoms with Gasteiger partial charge in [-0.05, 0) is 48.9 Å². The number of hydrogen-bond donors (Lipinski definition) is 1. The molecule has 2 heterocycles. The van der Waals surface area contributed by atoms with Gasteiger partial charge in [0.2, 0.25) is 0 Å². The highest BCUT2D eigenvalue weighted by Crippen LogP contribution is 2.40. The minimum atomic E-state index is -0.246. The Morgan fingerprint density at radius 2 is 2.03 bits per heavy atom. The fourth-order valence-electron chi connectivity index (χ4n) is 4.55. The maximum atomic E-state index is 13.5. The Labute approximate surface area is 201 Å². The van der Waals surface area contributed by atoms with Crippen molar-refractivity contribution in [3.63, 3.8) is 0 Å². The molecule has 0 radical (unpaired) electrons. The number of aromatic nitrogens is 1. The Bertz CT molecular complexity index is 1420. The number of anilines is 1. The molecule has 0 saturated carbocycles. The standard InChI is InChI=1S/C27H22ClN3OS/c1-2-16-11-12-18-21(15-29)27(33-25(18)13-16)31-26(32)20-14-24(19-8-3-5-9-22(19)28)30-23-10-6-4-7-17(20)23/h3-10,14,16H,2,11-13H2,1H3,(H,31,32). The predicted molar refractivity (Wildman–Crippen MR) is 135 cm³/mol. The van der Waals surface area contributed by atoms with Gasteiger partial charge in [0.25, 0.3) is 5.91 Å². The van der Waals surface area contributed by atoms with E-state index in [2.05, 4.69) is 18.3 Å². The zero-order valence-corrected chi connectivity index (χ0v) is 19.8. The first-order chi connectivity index (χ1) is 16.1. The number of nitrogens with one attached hydrogen (secondary N) is 1. The van der Waals surface area contributed by atoms with Gasteiger partial charge in [-0.25, -0.2) is 4.98 Å². The van der Waals surface area contributed by atoms with Crippen LogP contribution in [0.1, 0.15) is 46.1 Å². The van der Waals surface area contributed by atoms with E-state index in [-0.39, 0.29) is 5.91 Å². The van der Waals surface area contributed by atoms with Crippen molar-refractivity contribution in [3.05, 3.63) is 81.2 Å². The van der Waals surface area contributed by atoms with E-state index in [0.29, 0.717) is 32.8 Å². The van der Waals surface area contributed by atoms with Gasteiger partial charge in [-0.1, -0.05) is 61.3 Å². The normalized spacial score (nSPS) is 15.1. The van der Waals surface area contributed by atoms with Gasteiger partial charge in [-0.15, -0.1) is 11.3 Å². The Morgan fingerprint density at radius 1 is 1.24 bits per heavy atom. The van der Waals surface area contributed by atoms with Crippen LogP contribution in [0, 0.1) is 17.2 Å². The second-order valence-electron chi connectivity index (χ2n) is 8.34. The number of thiophene rings is 1. The van der Waals surface area contributed by atoms with Gasteiger partial charge >= 0.3 is 0 Å². The molecule has 1 amide bonds. The summed E-state index contributed by atoms with van der Waals surface area (Å²) in [5.74, 6) is 0.401. The van der Waals surface area contributed by atoms with Crippen LogP contribution in [-0.4, -0.2) is 10.9 Å². The minimum Gasteiger partial charge on any atom is -0.312 e. The number of para-hydroxylation sites is 1. The molecule has 0 saturated heterocycles. The molecule has 1 aliphatic carbocycles. The van der Waals surface area contributed by atoms with Crippen molar-refractivity contribution in [2.24, 2.45) is 5.92 Å². The minimum absolute atomic E-state index is 0.246. The molecule has 4 nitrogen and oxygen atoms in total. The van der Waals surface area contributed by atoms with Crippen molar-refractivity contribution in [3.8, 4) is 17.3 Å². The number of fused-ring (bicyclic) bond motifs is 2. The maximum absolute atomic E-state index is 13.5. The highest BCUT2D eigenvalue weighted by Gasteiger charge is 2.26. The molecule has 0 fully saturated rings. The molecule has 5 rings (SSSR count). The molecule has 0 spiro atoms. The Hall–Kier alpha value is -3.20. The van der Waals surface area contributed by atoms with E-state index < -0.39 is 0 Å². The average Bonchev–Trinajstić information content (AvgIpc) is 3.19. The molecule has 4 aromatic rings. The number of amides is 1. The number of benzene rings is 2. The van der Waals surface area contributed by atoms with E-state index in [0.717, 1.165) is 47.7 Å². The molecule has 0 bridgehead atoms. The molecular weight excluding hydrogens is 450 g/mol. The van der Waals surface area contributed by atoms with Crippen LogP contribution in [0.3, 0.4) is 0 Å². The van der Waals surface area contributed by atoms with E-state index in [9.17, 15) is 10.1 Å². The summed E-state index contributed by atoms with van der Waals surface area (Å²) < 4.78 is 0. The molecule has 1 atom stereocenters. The topological polar surface area (TPSA) is 65.8 Å². The van der Waals surface area contributed by atoms with Crippen LogP contribution in [0.4, 0.5) is 5.00 Å². The summed E-state index contributed by atoms with van der Waals surface area (Å²) in [5, 5.41) is 14.9. The lowest BCUT2D eigenvalue weighted by molar-refractivity contribution is 0.102. The number of halogens is 1. The number of rotatable bonds is 4. The maximum Gasteiger partial charge on any atom is 0.257 e. The molecule has 0 aliphatic heterocycles. The van der Waals surface area contributed by atoms with Crippen molar-refractivity contribution in [1.29, 1.82) is 5.26 Å². The van der Waals surface area contributed by atoms with Crippen molar-refractivity contribution >= 4 is 44.7 Å². The molecule has 164 valence electrons. The molecular formula is C27H22ClN3OS. The van der Waals surface area contributed by atoms with E-state index in [1.807, 2.05) is 48.5 Å². The summed E-state index contributed by atoms with van der Waals surface area (Å²) in [5.41, 5.74) is 4.37. The summed E-state index contributed by atoms with van der Waals surface area (Å²) in [7, 11) is 0. The third kappa shape index (κ3) is 4.01. The zero-order valence-electron chi connectivity index (χ0n) is 18.2. The second-order valence-corrected chi connectivity index (χ2v) is 9.86. The van der Waals surface area contributed by atoms with Crippen molar-refractivity contribution < 1.29 is 4.79 Å². The quantitative estimate of drug-likeness (QED) is 0.340. The lowest BCUT2D eigenvalue weighted by Crippen LogP contribution is -2.13. The molecule has 1 N–H and O–H groups in total. The predicted octanol–water partition coefficient (Wildman–Crippen LogP) is 7.26. The third-order valence-corrected chi connectivity index (χ3v) is 7.89. The Kier molecular flexibility index (Phi) is 5.88. The first-order valence-electron chi connectivity index (χ1n) is 11.1. The van der Waals surface area contributed by atoms with E-state index in [4.69, 9.17) is 16.6 Å². The van der Waals surface area contributed by atoms with E-state index >= 15 is 0 Å². The number of nitriles is 1. The molecule has 1 unspecified atom stereocenters. The van der Waals surface area contributed by atoms with E-state index in [1.54, 1.807) is 17.4 Å². The summed E-state index contributed by atoms with van der Waals surface area (Å²) >= 11 is 7.96. The number of nitrogens with zero attached hydrogens (tertiary/aromatic N) is 2. The van der Waals surface area contributed by atoms with Gasteiger partial charge < -0.3 is 5.32 Å². The molecule has 6 heteroatoms.